The smallest absolute Gasteiger partial charge is 0.273 e. The molecule has 0 atom stereocenters. The van der Waals surface area contributed by atoms with Crippen LogP contribution in [0.25, 0.3) is 6.08 Å². The number of carbonyl (C=O) groups excluding carboxylic acids is 1. The Morgan fingerprint density at radius 3 is 2.70 bits per heavy atom. The van der Waals surface area contributed by atoms with E-state index in [1.54, 1.807) is 37.3 Å². The monoisotopic (exact) mass is 332 g/mol. The number of aromatic nitrogens is 2. The van der Waals surface area contributed by atoms with Gasteiger partial charge in [-0.2, -0.15) is 0 Å². The van der Waals surface area contributed by atoms with Gasteiger partial charge in [0.1, 0.15) is 11.4 Å². The maximum Gasteiger partial charge on any atom is 0.273 e. The summed E-state index contributed by atoms with van der Waals surface area (Å²) < 4.78 is 9.98. The second kappa shape index (κ2) is 6.05. The first kappa shape index (κ1) is 15.0. The number of amides is 1. The van der Waals surface area contributed by atoms with Gasteiger partial charge in [0.2, 0.25) is 11.4 Å². The van der Waals surface area contributed by atoms with Crippen LogP contribution in [0, 0.1) is 12.1 Å². The van der Waals surface area contributed by atoms with E-state index in [4.69, 9.17) is 17.0 Å². The van der Waals surface area contributed by atoms with Gasteiger partial charge in [-0.05, 0) is 40.9 Å². The van der Waals surface area contributed by atoms with E-state index in [-0.39, 0.29) is 17.6 Å². The summed E-state index contributed by atoms with van der Waals surface area (Å²) in [5, 5.41) is 20.4. The van der Waals surface area contributed by atoms with E-state index in [1.165, 1.54) is 0 Å². The molecule has 1 aliphatic heterocycles. The molecule has 23 heavy (non-hydrogen) atoms. The van der Waals surface area contributed by atoms with Gasteiger partial charge in [-0.15, -0.1) is 0 Å². The Hall–Kier alpha value is -2.94. The van der Waals surface area contributed by atoms with Crippen molar-refractivity contribution < 1.29 is 19.1 Å². The van der Waals surface area contributed by atoms with Crippen molar-refractivity contribution in [2.45, 2.75) is 13.5 Å². The molecule has 0 spiro atoms. The van der Waals surface area contributed by atoms with Gasteiger partial charge in [-0.1, -0.05) is 12.1 Å². The van der Waals surface area contributed by atoms with Crippen molar-refractivity contribution in [3.63, 3.8) is 0 Å². The highest BCUT2D eigenvalue weighted by atomic mass is 32.1. The standard InChI is InChI=1S/C14H12N4O4S/c1-8-12(18(20)22-17-8)7-21-10-4-2-9(3-5-10)6-11-13(19)16-14(23)15-11/h2-6H,7H2,1H3,(H2,15,16,19,23). The Bertz CT molecular complexity index is 778. The second-order valence-corrected chi connectivity index (χ2v) is 5.19. The molecule has 0 radical (unpaired) electrons. The van der Waals surface area contributed by atoms with E-state index in [1.807, 2.05) is 0 Å². The summed E-state index contributed by atoms with van der Waals surface area (Å²) in [7, 11) is 0. The Morgan fingerprint density at radius 1 is 1.39 bits per heavy atom. The molecule has 0 bridgehead atoms. The van der Waals surface area contributed by atoms with Crippen LogP contribution >= 0.6 is 12.2 Å². The number of benzene rings is 1. The Kier molecular flexibility index (Phi) is 3.94. The number of hydrogen-bond acceptors (Lipinski definition) is 6. The van der Waals surface area contributed by atoms with Gasteiger partial charge in [0, 0.05) is 12.1 Å². The fourth-order valence-electron chi connectivity index (χ4n) is 1.95. The molecule has 9 heteroatoms. The Labute approximate surface area is 136 Å². The van der Waals surface area contributed by atoms with Crippen molar-refractivity contribution in [1.29, 1.82) is 0 Å². The molecule has 1 fully saturated rings. The van der Waals surface area contributed by atoms with Crippen LogP contribution in [0.3, 0.4) is 0 Å². The lowest BCUT2D eigenvalue weighted by atomic mass is 10.2. The number of carbonyl (C=O) groups is 1. The van der Waals surface area contributed by atoms with Gasteiger partial charge >= 0.3 is 0 Å². The predicted octanol–water partition coefficient (Wildman–Crippen LogP) is 0.541. The molecule has 2 heterocycles. The zero-order chi connectivity index (χ0) is 16.4. The molecule has 1 aromatic carbocycles. The topological polar surface area (TPSA) is 103 Å². The van der Waals surface area contributed by atoms with E-state index in [0.29, 0.717) is 27.7 Å². The molecule has 8 nitrogen and oxygen atoms in total. The first-order valence-electron chi connectivity index (χ1n) is 6.65. The lowest BCUT2D eigenvalue weighted by molar-refractivity contribution is -0.808. The molecule has 0 saturated carbocycles. The van der Waals surface area contributed by atoms with E-state index in [2.05, 4.69) is 20.4 Å². The average molecular weight is 332 g/mol. The molecule has 0 unspecified atom stereocenters. The van der Waals surface area contributed by atoms with Crippen molar-refractivity contribution in [3.05, 3.63) is 52.1 Å². The zero-order valence-corrected chi connectivity index (χ0v) is 12.8. The first-order chi connectivity index (χ1) is 11.0. The third kappa shape index (κ3) is 3.29. The van der Waals surface area contributed by atoms with E-state index in [9.17, 15) is 10.0 Å². The van der Waals surface area contributed by atoms with Crippen LogP contribution in [0.2, 0.25) is 0 Å². The normalized spacial score (nSPS) is 15.6. The molecule has 2 aromatic rings. The number of hydrogen-bond donors (Lipinski definition) is 2. The minimum absolute atomic E-state index is 0.0531. The molecule has 3 rings (SSSR count). The van der Waals surface area contributed by atoms with E-state index < -0.39 is 0 Å². The fourth-order valence-corrected chi connectivity index (χ4v) is 2.15. The fraction of sp³-hybridized carbons (Fsp3) is 0.143. The number of nitrogens with zero attached hydrogens (tertiary/aromatic N) is 2. The summed E-state index contributed by atoms with van der Waals surface area (Å²) in [4.78, 5) is 11.9. The molecule has 2 N–H and O–H groups in total. The summed E-state index contributed by atoms with van der Waals surface area (Å²) in [6.07, 6.45) is 1.67. The SMILES string of the molecule is Cc1no[n+]([O-])c1COc1ccc(C=C2NC(=S)NC2=O)cc1. The van der Waals surface area contributed by atoms with Gasteiger partial charge in [0.05, 0.1) is 0 Å². The third-order valence-corrected chi connectivity index (χ3v) is 3.38. The van der Waals surface area contributed by atoms with Crippen LogP contribution in [0.15, 0.2) is 34.6 Å². The number of rotatable bonds is 4. The third-order valence-electron chi connectivity index (χ3n) is 3.18. The highest BCUT2D eigenvalue weighted by molar-refractivity contribution is 7.80. The Morgan fingerprint density at radius 2 is 2.13 bits per heavy atom. The second-order valence-electron chi connectivity index (χ2n) is 4.79. The first-order valence-corrected chi connectivity index (χ1v) is 7.06. The molecule has 1 aliphatic rings. The van der Waals surface area contributed by atoms with Gasteiger partial charge in [0.25, 0.3) is 5.91 Å². The van der Waals surface area contributed by atoms with Gasteiger partial charge in [-0.3, -0.25) is 14.7 Å². The highest BCUT2D eigenvalue weighted by Gasteiger charge is 2.19. The molecular weight excluding hydrogens is 320 g/mol. The molecule has 0 aliphatic carbocycles. The van der Waals surface area contributed by atoms with Crippen molar-refractivity contribution in [2.75, 3.05) is 0 Å². The highest BCUT2D eigenvalue weighted by Crippen LogP contribution is 2.16. The van der Waals surface area contributed by atoms with Crippen molar-refractivity contribution >= 4 is 29.3 Å². The quantitative estimate of drug-likeness (QED) is 0.478. The summed E-state index contributed by atoms with van der Waals surface area (Å²) in [5.74, 6) is 0.311. The van der Waals surface area contributed by atoms with Crippen LogP contribution < -0.4 is 20.3 Å². The van der Waals surface area contributed by atoms with Gasteiger partial charge < -0.3 is 15.3 Å². The Balaban J connectivity index is 1.67. The number of aryl methyl sites for hydroxylation is 1. The number of ether oxygens (including phenoxy) is 1. The minimum atomic E-state index is -0.266. The summed E-state index contributed by atoms with van der Waals surface area (Å²) in [5.41, 5.74) is 1.99. The average Bonchev–Trinajstić information content (AvgIpc) is 3.01. The molecule has 1 aromatic heterocycles. The van der Waals surface area contributed by atoms with Crippen LogP contribution in [0.1, 0.15) is 17.0 Å². The van der Waals surface area contributed by atoms with Crippen LogP contribution in [0.4, 0.5) is 0 Å². The molecule has 1 saturated heterocycles. The molecule has 1 amide bonds. The zero-order valence-electron chi connectivity index (χ0n) is 12.0. The lowest BCUT2D eigenvalue weighted by Gasteiger charge is -2.04. The number of nitrogens with one attached hydrogen (secondary N) is 2. The summed E-state index contributed by atoms with van der Waals surface area (Å²) in [6.45, 7) is 1.72. The van der Waals surface area contributed by atoms with E-state index in [0.717, 1.165) is 5.56 Å². The molecule has 118 valence electrons. The maximum atomic E-state index is 11.6. The van der Waals surface area contributed by atoms with Crippen molar-refractivity contribution in [1.82, 2.24) is 15.8 Å². The summed E-state index contributed by atoms with van der Waals surface area (Å²) >= 11 is 4.86. The van der Waals surface area contributed by atoms with Gasteiger partial charge in [-0.25, -0.2) is 0 Å². The number of thiocarbonyl (C=S) groups is 1. The van der Waals surface area contributed by atoms with Crippen LogP contribution in [0.5, 0.6) is 5.75 Å². The van der Waals surface area contributed by atoms with Gasteiger partial charge in [0.15, 0.2) is 11.7 Å². The maximum absolute atomic E-state index is 11.6. The van der Waals surface area contributed by atoms with Crippen molar-refractivity contribution in [2.24, 2.45) is 0 Å². The summed E-state index contributed by atoms with van der Waals surface area (Å²) in [6, 6.07) is 7.03. The molecular formula is C14H12N4O4S. The van der Waals surface area contributed by atoms with Crippen LogP contribution in [-0.4, -0.2) is 16.2 Å². The van der Waals surface area contributed by atoms with Crippen molar-refractivity contribution in [3.8, 4) is 5.75 Å². The predicted molar refractivity (Wildman–Crippen MR) is 82.8 cm³/mol. The minimum Gasteiger partial charge on any atom is -0.485 e. The van der Waals surface area contributed by atoms with E-state index >= 15 is 0 Å². The lowest BCUT2D eigenvalue weighted by Crippen LogP contribution is -2.29. The largest absolute Gasteiger partial charge is 0.485 e. The van der Waals surface area contributed by atoms with Crippen LogP contribution in [-0.2, 0) is 11.4 Å².